The zero-order chi connectivity index (χ0) is 24.2. The lowest BCUT2D eigenvalue weighted by Gasteiger charge is -2.24. The van der Waals surface area contributed by atoms with Gasteiger partial charge in [0, 0.05) is 19.2 Å². The lowest BCUT2D eigenvalue weighted by Crippen LogP contribution is -2.42. The van der Waals surface area contributed by atoms with Crippen molar-refractivity contribution in [1.29, 1.82) is 0 Å². The molecule has 3 N–H and O–H groups in total. The Morgan fingerprint density at radius 2 is 1.82 bits per heavy atom. The maximum atomic E-state index is 13.2. The first kappa shape index (κ1) is 23.8. The fraction of sp³-hybridized carbons (Fsp3) is 0.227. The van der Waals surface area contributed by atoms with Gasteiger partial charge >= 0.3 is 11.9 Å². The van der Waals surface area contributed by atoms with Gasteiger partial charge in [-0.3, -0.25) is 24.0 Å². The highest BCUT2D eigenvalue weighted by atomic mass is 19.4. The van der Waals surface area contributed by atoms with E-state index in [1.807, 2.05) is 0 Å². The van der Waals surface area contributed by atoms with Crippen molar-refractivity contribution in [2.75, 3.05) is 30.9 Å². The van der Waals surface area contributed by atoms with Gasteiger partial charge in [0.1, 0.15) is 5.82 Å². The van der Waals surface area contributed by atoms with Gasteiger partial charge in [0.05, 0.1) is 18.7 Å². The van der Waals surface area contributed by atoms with Gasteiger partial charge in [-0.25, -0.2) is 4.79 Å². The molecule has 11 heteroatoms. The number of anilines is 2. The van der Waals surface area contributed by atoms with E-state index >= 15 is 0 Å². The first-order valence-corrected chi connectivity index (χ1v) is 9.78. The Morgan fingerprint density at radius 1 is 1.12 bits per heavy atom. The Bertz CT molecular complexity index is 1250. The Labute approximate surface area is 186 Å². The van der Waals surface area contributed by atoms with E-state index in [1.165, 1.54) is 13.2 Å². The van der Waals surface area contributed by atoms with E-state index in [2.05, 4.69) is 4.98 Å². The zero-order valence-corrected chi connectivity index (χ0v) is 17.6. The maximum absolute atomic E-state index is 13.2. The fourth-order valence-electron chi connectivity index (χ4n) is 3.24. The predicted molar refractivity (Wildman–Crippen MR) is 116 cm³/mol. The lowest BCUT2D eigenvalue weighted by atomic mass is 10.1. The SMILES string of the molecule is COCCN(C(=O)c1cccc(C(F)(F)F)c1)c1c(N)n(Cc2ccccc2)c(=O)[nH]c1=O. The van der Waals surface area contributed by atoms with Crippen LogP contribution in [0.2, 0.25) is 0 Å². The average Bonchev–Trinajstić information content (AvgIpc) is 2.78. The summed E-state index contributed by atoms with van der Waals surface area (Å²) in [4.78, 5) is 41.3. The molecule has 0 unspecified atom stereocenters. The summed E-state index contributed by atoms with van der Waals surface area (Å²) >= 11 is 0. The second-order valence-electron chi connectivity index (χ2n) is 7.09. The van der Waals surface area contributed by atoms with Gasteiger partial charge in [0.15, 0.2) is 5.69 Å². The van der Waals surface area contributed by atoms with Crippen LogP contribution in [0, 0.1) is 0 Å². The summed E-state index contributed by atoms with van der Waals surface area (Å²) in [5.74, 6) is -1.20. The molecule has 1 amide bonds. The highest BCUT2D eigenvalue weighted by molar-refractivity contribution is 6.07. The quantitative estimate of drug-likeness (QED) is 0.561. The normalized spacial score (nSPS) is 11.4. The Kier molecular flexibility index (Phi) is 7.02. The molecule has 0 atom stereocenters. The molecule has 174 valence electrons. The van der Waals surface area contributed by atoms with Gasteiger partial charge in [0.25, 0.3) is 11.5 Å². The number of nitrogens with one attached hydrogen (secondary N) is 1. The first-order valence-electron chi connectivity index (χ1n) is 9.78. The Hall–Kier alpha value is -3.86. The van der Waals surface area contributed by atoms with Crippen molar-refractivity contribution < 1.29 is 22.7 Å². The molecule has 33 heavy (non-hydrogen) atoms. The van der Waals surface area contributed by atoms with E-state index < -0.39 is 28.9 Å². The second-order valence-corrected chi connectivity index (χ2v) is 7.09. The smallest absolute Gasteiger partial charge is 0.383 e. The number of alkyl halides is 3. The maximum Gasteiger partial charge on any atom is 0.416 e. The standard InChI is InChI=1S/C22H21F3N4O4/c1-33-11-10-28(20(31)15-8-5-9-16(12-15)22(23,24)25)17-18(26)29(21(32)27-19(17)30)13-14-6-3-2-4-7-14/h2-9,12H,10-11,13,26H2,1H3,(H,27,30,32). The molecule has 0 fully saturated rings. The van der Waals surface area contributed by atoms with Crippen LogP contribution in [0.25, 0.3) is 0 Å². The minimum atomic E-state index is -4.66. The van der Waals surface area contributed by atoms with Crippen LogP contribution in [0.4, 0.5) is 24.7 Å². The minimum Gasteiger partial charge on any atom is -0.383 e. The average molecular weight is 462 g/mol. The largest absolute Gasteiger partial charge is 0.416 e. The van der Waals surface area contributed by atoms with Crippen LogP contribution >= 0.6 is 0 Å². The van der Waals surface area contributed by atoms with E-state index in [-0.39, 0.29) is 36.8 Å². The summed E-state index contributed by atoms with van der Waals surface area (Å²) in [5.41, 5.74) is 3.44. The van der Waals surface area contributed by atoms with Crippen molar-refractivity contribution in [3.8, 4) is 0 Å². The number of hydrogen-bond acceptors (Lipinski definition) is 5. The molecule has 0 saturated carbocycles. The second kappa shape index (κ2) is 9.74. The van der Waals surface area contributed by atoms with Crippen LogP contribution in [0.15, 0.2) is 64.2 Å². The Balaban J connectivity index is 2.11. The summed E-state index contributed by atoms with van der Waals surface area (Å²) < 4.78 is 45.5. The monoisotopic (exact) mass is 462 g/mol. The van der Waals surface area contributed by atoms with Crippen LogP contribution in [0.3, 0.4) is 0 Å². The number of H-pyrrole nitrogens is 1. The predicted octanol–water partition coefficient (Wildman–Crippen LogP) is 2.48. The topological polar surface area (TPSA) is 110 Å². The summed E-state index contributed by atoms with van der Waals surface area (Å²) in [6.45, 7) is -0.227. The van der Waals surface area contributed by atoms with Gasteiger partial charge in [-0.15, -0.1) is 0 Å². The third-order valence-corrected chi connectivity index (χ3v) is 4.87. The van der Waals surface area contributed by atoms with Crippen molar-refractivity contribution >= 4 is 17.4 Å². The van der Waals surface area contributed by atoms with Gasteiger partial charge in [-0.1, -0.05) is 36.4 Å². The number of methoxy groups -OCH3 is 1. The molecule has 0 aliphatic heterocycles. The molecule has 1 aromatic heterocycles. The van der Waals surface area contributed by atoms with E-state index in [1.54, 1.807) is 30.3 Å². The number of ether oxygens (including phenoxy) is 1. The third kappa shape index (κ3) is 5.32. The van der Waals surface area contributed by atoms with Crippen LogP contribution in [0.5, 0.6) is 0 Å². The number of amides is 1. The lowest BCUT2D eigenvalue weighted by molar-refractivity contribution is -0.137. The number of halogens is 3. The molecular formula is C22H21F3N4O4. The van der Waals surface area contributed by atoms with Crippen LogP contribution < -0.4 is 21.9 Å². The molecule has 1 heterocycles. The van der Waals surface area contributed by atoms with Crippen molar-refractivity contribution in [1.82, 2.24) is 9.55 Å². The molecule has 0 radical (unpaired) electrons. The summed E-state index contributed by atoms with van der Waals surface area (Å²) in [7, 11) is 1.36. The number of carbonyl (C=O) groups excluding carboxylic acids is 1. The molecule has 2 aromatic carbocycles. The number of hydrogen-bond donors (Lipinski definition) is 2. The van der Waals surface area contributed by atoms with E-state index in [0.29, 0.717) is 11.6 Å². The molecular weight excluding hydrogens is 441 g/mol. The van der Waals surface area contributed by atoms with Gasteiger partial charge in [-0.05, 0) is 23.8 Å². The zero-order valence-electron chi connectivity index (χ0n) is 17.6. The number of rotatable bonds is 7. The van der Waals surface area contributed by atoms with Crippen molar-refractivity contribution in [2.45, 2.75) is 12.7 Å². The van der Waals surface area contributed by atoms with Gasteiger partial charge in [-0.2, -0.15) is 13.2 Å². The molecule has 0 spiro atoms. The van der Waals surface area contributed by atoms with E-state index in [0.717, 1.165) is 21.6 Å². The number of nitrogens with zero attached hydrogens (tertiary/aromatic N) is 2. The summed E-state index contributed by atoms with van der Waals surface area (Å²) in [6.07, 6.45) is -4.66. The van der Waals surface area contributed by atoms with E-state index in [9.17, 15) is 27.6 Å². The molecule has 0 bridgehead atoms. The number of aromatic amines is 1. The number of nitrogen functional groups attached to an aromatic ring is 1. The van der Waals surface area contributed by atoms with Crippen LogP contribution in [-0.4, -0.2) is 35.7 Å². The third-order valence-electron chi connectivity index (χ3n) is 4.87. The minimum absolute atomic E-state index is 0.00511. The van der Waals surface area contributed by atoms with Crippen molar-refractivity contribution in [2.24, 2.45) is 0 Å². The fourth-order valence-corrected chi connectivity index (χ4v) is 3.24. The van der Waals surface area contributed by atoms with Gasteiger partial charge < -0.3 is 10.5 Å². The van der Waals surface area contributed by atoms with E-state index in [4.69, 9.17) is 10.5 Å². The molecule has 0 saturated heterocycles. The number of nitrogens with two attached hydrogens (primary N) is 1. The molecule has 0 aliphatic rings. The van der Waals surface area contributed by atoms with Crippen LogP contribution in [-0.2, 0) is 17.5 Å². The number of benzene rings is 2. The highest BCUT2D eigenvalue weighted by Crippen LogP contribution is 2.30. The number of aromatic nitrogens is 2. The summed E-state index contributed by atoms with van der Waals surface area (Å²) in [5, 5.41) is 0. The van der Waals surface area contributed by atoms with Crippen molar-refractivity contribution in [3.63, 3.8) is 0 Å². The Morgan fingerprint density at radius 3 is 2.45 bits per heavy atom. The van der Waals surface area contributed by atoms with Gasteiger partial charge in [0.2, 0.25) is 0 Å². The first-order chi connectivity index (χ1) is 15.6. The van der Waals surface area contributed by atoms with Crippen LogP contribution in [0.1, 0.15) is 21.5 Å². The molecule has 0 aliphatic carbocycles. The summed E-state index contributed by atoms with van der Waals surface area (Å²) in [6, 6.07) is 12.6. The van der Waals surface area contributed by atoms with Crippen molar-refractivity contribution in [3.05, 3.63) is 92.1 Å². The molecule has 3 rings (SSSR count). The number of carbonyl (C=O) groups is 1. The molecule has 8 nitrogen and oxygen atoms in total. The highest BCUT2D eigenvalue weighted by Gasteiger charge is 2.32. The molecule has 3 aromatic rings.